The summed E-state index contributed by atoms with van der Waals surface area (Å²) in [6.07, 6.45) is -8.92. The number of anilines is 1. The number of pyridine rings is 1. The van der Waals surface area contributed by atoms with Crippen molar-refractivity contribution in [2.24, 2.45) is 0 Å². The van der Waals surface area contributed by atoms with E-state index < -0.39 is 41.5 Å². The fourth-order valence-corrected chi connectivity index (χ4v) is 2.89. The molecule has 2 heterocycles. The third-order valence-electron chi connectivity index (χ3n) is 4.61. The average Bonchev–Trinajstić information content (AvgIpc) is 3.24. The van der Waals surface area contributed by atoms with Gasteiger partial charge >= 0.3 is 12.4 Å². The van der Waals surface area contributed by atoms with Gasteiger partial charge < -0.3 is 16.0 Å². The molecule has 0 spiro atoms. The van der Waals surface area contributed by atoms with Gasteiger partial charge in [-0.05, 0) is 30.3 Å². The lowest BCUT2D eigenvalue weighted by Crippen LogP contribution is -2.26. The first kappa shape index (κ1) is 25.5. The summed E-state index contributed by atoms with van der Waals surface area (Å²) >= 11 is 0. The smallest absolute Gasteiger partial charge is 0.356 e. The van der Waals surface area contributed by atoms with Gasteiger partial charge in [-0.25, -0.2) is 4.98 Å². The van der Waals surface area contributed by atoms with Gasteiger partial charge in [0.2, 0.25) is 5.95 Å². The van der Waals surface area contributed by atoms with Crippen LogP contribution in [0.4, 0.5) is 32.3 Å². The zero-order chi connectivity index (χ0) is 26.0. The second-order valence-corrected chi connectivity index (χ2v) is 6.97. The Bertz CT molecular complexity index is 1200. The van der Waals surface area contributed by atoms with E-state index >= 15 is 0 Å². The van der Waals surface area contributed by atoms with E-state index in [0.717, 1.165) is 0 Å². The van der Waals surface area contributed by atoms with Crippen molar-refractivity contribution >= 4 is 17.8 Å². The molecule has 0 aliphatic heterocycles. The lowest BCUT2D eigenvalue weighted by atomic mass is 10.0. The van der Waals surface area contributed by atoms with Crippen LogP contribution in [0.15, 0.2) is 36.5 Å². The molecule has 0 saturated carbocycles. The summed E-state index contributed by atoms with van der Waals surface area (Å²) in [6.45, 7) is -0.413. The molecule has 2 aromatic heterocycles. The minimum atomic E-state index is -5.09. The number of hydrogen-bond acceptors (Lipinski definition) is 6. The molecule has 15 heteroatoms. The van der Waals surface area contributed by atoms with Crippen molar-refractivity contribution in [3.8, 4) is 5.82 Å². The molecule has 1 aromatic carbocycles. The van der Waals surface area contributed by atoms with Crippen molar-refractivity contribution in [1.29, 1.82) is 0 Å². The number of nitrogens with zero attached hydrogens (tertiary/aromatic N) is 4. The first-order valence-electron chi connectivity index (χ1n) is 9.73. The Hall–Kier alpha value is -4.17. The van der Waals surface area contributed by atoms with Gasteiger partial charge in [-0.15, -0.1) is 5.10 Å². The maximum atomic E-state index is 13.1. The minimum Gasteiger partial charge on any atom is -0.356 e. The molecule has 0 atom stereocenters. The summed E-state index contributed by atoms with van der Waals surface area (Å²) in [5.74, 6) is -1.22. The third-order valence-corrected chi connectivity index (χ3v) is 4.61. The first-order valence-corrected chi connectivity index (χ1v) is 9.73. The molecule has 0 bridgehead atoms. The Morgan fingerprint density at radius 1 is 0.914 bits per heavy atom. The van der Waals surface area contributed by atoms with Crippen molar-refractivity contribution in [3.63, 3.8) is 0 Å². The van der Waals surface area contributed by atoms with Gasteiger partial charge in [0.25, 0.3) is 11.8 Å². The molecule has 3 aromatic rings. The fraction of sp³-hybridized carbons (Fsp3) is 0.250. The number of benzene rings is 1. The largest absolute Gasteiger partial charge is 0.416 e. The van der Waals surface area contributed by atoms with E-state index in [4.69, 9.17) is 0 Å². The number of hydrogen-bond donors (Lipinski definition) is 3. The zero-order valence-electron chi connectivity index (χ0n) is 18.0. The van der Waals surface area contributed by atoms with Crippen LogP contribution in [0.3, 0.4) is 0 Å². The molecular formula is C20H17F6N7O2. The van der Waals surface area contributed by atoms with Crippen molar-refractivity contribution in [3.05, 3.63) is 64.6 Å². The number of halogens is 6. The van der Waals surface area contributed by atoms with E-state index in [1.165, 1.54) is 37.1 Å². The highest BCUT2D eigenvalue weighted by Crippen LogP contribution is 2.36. The Morgan fingerprint density at radius 2 is 1.54 bits per heavy atom. The molecule has 0 radical (unpaired) electrons. The fourth-order valence-electron chi connectivity index (χ4n) is 2.89. The van der Waals surface area contributed by atoms with Crippen molar-refractivity contribution in [2.75, 3.05) is 19.4 Å². The number of aromatic nitrogens is 4. The molecule has 2 amide bonds. The minimum absolute atomic E-state index is 0.0610. The Kier molecular flexibility index (Phi) is 6.98. The molecule has 35 heavy (non-hydrogen) atoms. The van der Waals surface area contributed by atoms with Gasteiger partial charge in [0.1, 0.15) is 0 Å². The van der Waals surface area contributed by atoms with Crippen LogP contribution < -0.4 is 16.0 Å². The molecule has 3 N–H and O–H groups in total. The number of alkyl halides is 6. The van der Waals surface area contributed by atoms with Gasteiger partial charge in [0.05, 0.1) is 23.2 Å². The van der Waals surface area contributed by atoms with E-state index in [9.17, 15) is 35.9 Å². The Balaban J connectivity index is 1.88. The van der Waals surface area contributed by atoms with Crippen LogP contribution in [-0.4, -0.2) is 45.7 Å². The normalized spacial score (nSPS) is 11.8. The second kappa shape index (κ2) is 9.60. The summed E-state index contributed by atoms with van der Waals surface area (Å²) in [4.78, 5) is 32.4. The molecule has 9 nitrogen and oxygen atoms in total. The maximum Gasteiger partial charge on any atom is 0.416 e. The molecule has 3 rings (SSSR count). The molecule has 186 valence electrons. The quantitative estimate of drug-likeness (QED) is 0.448. The van der Waals surface area contributed by atoms with Crippen LogP contribution in [0.2, 0.25) is 0 Å². The summed E-state index contributed by atoms with van der Waals surface area (Å²) < 4.78 is 79.6. The van der Waals surface area contributed by atoms with Crippen LogP contribution in [-0.2, 0) is 18.9 Å². The lowest BCUT2D eigenvalue weighted by Gasteiger charge is -2.14. The number of rotatable bonds is 6. The van der Waals surface area contributed by atoms with Crippen molar-refractivity contribution in [1.82, 2.24) is 30.4 Å². The summed E-state index contributed by atoms with van der Waals surface area (Å²) in [5, 5.41) is 11.5. The number of carbonyl (C=O) groups excluding carboxylic acids is 2. The van der Waals surface area contributed by atoms with Gasteiger partial charge in [-0.1, -0.05) is 0 Å². The van der Waals surface area contributed by atoms with E-state index in [0.29, 0.717) is 12.1 Å². The monoisotopic (exact) mass is 501 g/mol. The summed E-state index contributed by atoms with van der Waals surface area (Å²) in [6, 6.07) is 3.47. The molecule has 0 unspecified atom stereocenters. The van der Waals surface area contributed by atoms with Crippen molar-refractivity contribution < 1.29 is 35.9 Å². The molecule has 0 aliphatic carbocycles. The molecule has 0 aliphatic rings. The van der Waals surface area contributed by atoms with Gasteiger partial charge in [-0.2, -0.15) is 36.0 Å². The van der Waals surface area contributed by atoms with Crippen LogP contribution >= 0.6 is 0 Å². The number of amides is 2. The van der Waals surface area contributed by atoms with Crippen LogP contribution in [0.25, 0.3) is 5.82 Å². The predicted molar refractivity (Wildman–Crippen MR) is 110 cm³/mol. The topological polar surface area (TPSA) is 114 Å². The highest BCUT2D eigenvalue weighted by Gasteiger charge is 2.37. The van der Waals surface area contributed by atoms with Gasteiger partial charge in [0.15, 0.2) is 11.6 Å². The van der Waals surface area contributed by atoms with E-state index in [2.05, 4.69) is 31.0 Å². The standard InChI is InChI=1S/C20H17F6N7O2/c1-27-16(34)10-3-4-14(29-8-10)33-15(31-18(28-2)32-33)9-30-17(35)11-5-12(19(21,22)23)7-13(6-11)20(24,25)26/h3-8H,9H2,1-2H3,(H,27,34)(H,28,32)(H,30,35). The lowest BCUT2D eigenvalue weighted by molar-refractivity contribution is -0.143. The highest BCUT2D eigenvalue weighted by molar-refractivity contribution is 5.94. The Morgan fingerprint density at radius 3 is 2.03 bits per heavy atom. The first-order chi connectivity index (χ1) is 16.3. The summed E-state index contributed by atoms with van der Waals surface area (Å²) in [7, 11) is 2.95. The van der Waals surface area contributed by atoms with Crippen LogP contribution in [0, 0.1) is 0 Å². The molecular weight excluding hydrogens is 484 g/mol. The average molecular weight is 501 g/mol. The van der Waals surface area contributed by atoms with Crippen LogP contribution in [0.5, 0.6) is 0 Å². The molecule has 0 saturated heterocycles. The van der Waals surface area contributed by atoms with E-state index in [1.54, 1.807) is 0 Å². The van der Waals surface area contributed by atoms with E-state index in [-0.39, 0.29) is 35.1 Å². The van der Waals surface area contributed by atoms with E-state index in [1.807, 2.05) is 0 Å². The second-order valence-electron chi connectivity index (χ2n) is 6.97. The third kappa shape index (κ3) is 5.85. The van der Waals surface area contributed by atoms with Crippen LogP contribution in [0.1, 0.15) is 37.7 Å². The van der Waals surface area contributed by atoms with Crippen molar-refractivity contribution in [2.45, 2.75) is 18.9 Å². The summed E-state index contributed by atoms with van der Waals surface area (Å²) in [5.41, 5.74) is -3.80. The maximum absolute atomic E-state index is 13.1. The van der Waals surface area contributed by atoms with Gasteiger partial charge in [-0.3, -0.25) is 9.59 Å². The van der Waals surface area contributed by atoms with Gasteiger partial charge in [0, 0.05) is 25.9 Å². The molecule has 0 fully saturated rings. The number of nitrogens with one attached hydrogen (secondary N) is 3. The Labute approximate surface area is 193 Å². The number of carbonyl (C=O) groups is 2. The predicted octanol–water partition coefficient (Wildman–Crippen LogP) is 3.03. The zero-order valence-corrected chi connectivity index (χ0v) is 18.0. The SMILES string of the molecule is CNC(=O)c1ccc(-n2nc(NC)nc2CNC(=O)c2cc(C(F)(F)F)cc(C(F)(F)F)c2)nc1. The highest BCUT2D eigenvalue weighted by atomic mass is 19.4.